The van der Waals surface area contributed by atoms with Crippen LogP contribution in [-0.2, 0) is 12.8 Å². The average Bonchev–Trinajstić information content (AvgIpc) is 2.84. The van der Waals surface area contributed by atoms with Gasteiger partial charge in [0.1, 0.15) is 0 Å². The molecule has 0 saturated carbocycles. The van der Waals surface area contributed by atoms with Crippen molar-refractivity contribution < 1.29 is 4.52 Å². The highest BCUT2D eigenvalue weighted by Gasteiger charge is 2.13. The van der Waals surface area contributed by atoms with E-state index >= 15 is 0 Å². The fourth-order valence-electron chi connectivity index (χ4n) is 2.03. The van der Waals surface area contributed by atoms with E-state index in [2.05, 4.69) is 28.3 Å². The molecule has 0 atom stereocenters. The van der Waals surface area contributed by atoms with Crippen LogP contribution in [0.15, 0.2) is 22.7 Å². The molecule has 1 aromatic carbocycles. The van der Waals surface area contributed by atoms with Crippen LogP contribution in [0.1, 0.15) is 17.5 Å². The van der Waals surface area contributed by atoms with E-state index in [4.69, 9.17) is 4.52 Å². The molecule has 0 N–H and O–H groups in total. The number of nitrogens with zero attached hydrogens (tertiary/aromatic N) is 2. The van der Waals surface area contributed by atoms with E-state index in [0.717, 1.165) is 5.56 Å². The first-order valence-electron chi connectivity index (χ1n) is 4.94. The van der Waals surface area contributed by atoms with Crippen LogP contribution in [0.2, 0.25) is 0 Å². The molecule has 0 unspecified atom stereocenters. The summed E-state index contributed by atoms with van der Waals surface area (Å²) < 4.78 is 5.80. The van der Waals surface area contributed by atoms with Crippen molar-refractivity contribution in [1.82, 2.24) is 10.1 Å². The first-order chi connectivity index (χ1) is 7.33. The zero-order valence-electron chi connectivity index (χ0n) is 8.03. The lowest BCUT2D eigenvalue weighted by Crippen LogP contribution is -1.84. The van der Waals surface area contributed by atoms with Crippen molar-refractivity contribution in [2.24, 2.45) is 0 Å². The molecule has 2 aromatic rings. The fraction of sp³-hybridized carbons (Fsp3) is 0.273. The Kier molecular flexibility index (Phi) is 2.23. The van der Waals surface area contributed by atoms with Crippen molar-refractivity contribution in [3.8, 4) is 11.5 Å². The molecule has 0 spiro atoms. The van der Waals surface area contributed by atoms with Gasteiger partial charge in [0.2, 0.25) is 3.83 Å². The van der Waals surface area contributed by atoms with Crippen LogP contribution in [-0.4, -0.2) is 10.1 Å². The van der Waals surface area contributed by atoms with Crippen molar-refractivity contribution >= 4 is 22.6 Å². The van der Waals surface area contributed by atoms with Crippen LogP contribution < -0.4 is 0 Å². The minimum atomic E-state index is 0.620. The van der Waals surface area contributed by atoms with E-state index in [1.54, 1.807) is 0 Å². The molecule has 0 saturated heterocycles. The molecule has 3 rings (SSSR count). The minimum Gasteiger partial charge on any atom is -0.333 e. The van der Waals surface area contributed by atoms with Crippen LogP contribution in [0.4, 0.5) is 0 Å². The summed E-state index contributed by atoms with van der Waals surface area (Å²) in [5.74, 6) is 0.620. The van der Waals surface area contributed by atoms with Crippen molar-refractivity contribution in [1.29, 1.82) is 0 Å². The maximum absolute atomic E-state index is 5.14. The van der Waals surface area contributed by atoms with Gasteiger partial charge in [0.15, 0.2) is 0 Å². The first kappa shape index (κ1) is 9.33. The Bertz CT molecular complexity index is 507. The first-order valence-corrected chi connectivity index (χ1v) is 6.02. The van der Waals surface area contributed by atoms with Gasteiger partial charge in [-0.2, -0.15) is 4.98 Å². The van der Waals surface area contributed by atoms with Gasteiger partial charge in [-0.15, -0.1) is 0 Å². The topological polar surface area (TPSA) is 38.9 Å². The second kappa shape index (κ2) is 3.59. The lowest BCUT2D eigenvalue weighted by molar-refractivity contribution is 0.426. The maximum Gasteiger partial charge on any atom is 0.258 e. The van der Waals surface area contributed by atoms with E-state index in [9.17, 15) is 0 Å². The number of rotatable bonds is 1. The zero-order chi connectivity index (χ0) is 10.3. The fourth-order valence-corrected chi connectivity index (χ4v) is 2.35. The molecule has 3 nitrogen and oxygen atoms in total. The number of aryl methyl sites for hydroxylation is 2. The molecular weight excluding hydrogens is 303 g/mol. The lowest BCUT2D eigenvalue weighted by atomic mass is 10.1. The quantitative estimate of drug-likeness (QED) is 0.760. The Balaban J connectivity index is 2.06. The van der Waals surface area contributed by atoms with E-state index in [-0.39, 0.29) is 0 Å². The standard InChI is InChI=1S/C11H9IN2O/c12-11-13-10(15-14-11)9-5-4-7-2-1-3-8(7)6-9/h4-6H,1-3H2. The van der Waals surface area contributed by atoms with Gasteiger partial charge < -0.3 is 4.52 Å². The Hall–Kier alpha value is -0.910. The summed E-state index contributed by atoms with van der Waals surface area (Å²) in [6, 6.07) is 6.41. The molecule has 1 aliphatic rings. The zero-order valence-corrected chi connectivity index (χ0v) is 10.2. The van der Waals surface area contributed by atoms with Gasteiger partial charge in [0.25, 0.3) is 5.89 Å². The Morgan fingerprint density at radius 3 is 2.87 bits per heavy atom. The van der Waals surface area contributed by atoms with Crippen molar-refractivity contribution in [2.75, 3.05) is 0 Å². The normalized spacial score (nSPS) is 14.2. The van der Waals surface area contributed by atoms with Gasteiger partial charge in [0.05, 0.1) is 0 Å². The Labute approximate surface area is 101 Å². The second-order valence-corrected chi connectivity index (χ2v) is 4.67. The van der Waals surface area contributed by atoms with E-state index in [1.807, 2.05) is 22.6 Å². The number of benzene rings is 1. The predicted molar refractivity (Wildman–Crippen MR) is 64.5 cm³/mol. The Morgan fingerprint density at radius 2 is 2.07 bits per heavy atom. The molecule has 0 aliphatic heterocycles. The molecule has 4 heteroatoms. The van der Waals surface area contributed by atoms with Crippen LogP contribution in [0.25, 0.3) is 11.5 Å². The molecule has 1 aromatic heterocycles. The highest BCUT2D eigenvalue weighted by Crippen LogP contribution is 2.27. The summed E-state index contributed by atoms with van der Waals surface area (Å²) in [5.41, 5.74) is 3.93. The summed E-state index contributed by atoms with van der Waals surface area (Å²) in [6.07, 6.45) is 3.64. The highest BCUT2D eigenvalue weighted by atomic mass is 127. The minimum absolute atomic E-state index is 0.620. The van der Waals surface area contributed by atoms with Crippen molar-refractivity contribution in [2.45, 2.75) is 19.3 Å². The molecular formula is C11H9IN2O. The van der Waals surface area contributed by atoms with Crippen molar-refractivity contribution in [3.63, 3.8) is 0 Å². The largest absolute Gasteiger partial charge is 0.333 e. The van der Waals surface area contributed by atoms with E-state index in [1.165, 1.54) is 30.4 Å². The summed E-state index contributed by atoms with van der Waals surface area (Å²) in [5, 5.41) is 3.79. The second-order valence-electron chi connectivity index (χ2n) is 3.71. The van der Waals surface area contributed by atoms with Crippen LogP contribution >= 0.6 is 22.6 Å². The SMILES string of the molecule is Ic1noc(-c2ccc3c(c2)CCC3)n1. The van der Waals surface area contributed by atoms with E-state index in [0.29, 0.717) is 9.72 Å². The average molecular weight is 312 g/mol. The number of aromatic nitrogens is 2. The van der Waals surface area contributed by atoms with Gasteiger partial charge in [-0.3, -0.25) is 0 Å². The number of hydrogen-bond donors (Lipinski definition) is 0. The predicted octanol–water partition coefficient (Wildman–Crippen LogP) is 2.83. The third-order valence-electron chi connectivity index (χ3n) is 2.75. The van der Waals surface area contributed by atoms with Gasteiger partial charge in [-0.05, 0) is 42.5 Å². The smallest absolute Gasteiger partial charge is 0.258 e. The molecule has 76 valence electrons. The summed E-state index contributed by atoms with van der Waals surface area (Å²) in [7, 11) is 0. The van der Waals surface area contributed by atoms with E-state index < -0.39 is 0 Å². The van der Waals surface area contributed by atoms with Gasteiger partial charge >= 0.3 is 0 Å². The van der Waals surface area contributed by atoms with Crippen LogP contribution in [0.5, 0.6) is 0 Å². The molecule has 15 heavy (non-hydrogen) atoms. The van der Waals surface area contributed by atoms with Gasteiger partial charge in [0, 0.05) is 28.2 Å². The number of fused-ring (bicyclic) bond motifs is 1. The summed E-state index contributed by atoms with van der Waals surface area (Å²) >= 11 is 2.05. The summed E-state index contributed by atoms with van der Waals surface area (Å²) in [6.45, 7) is 0. The summed E-state index contributed by atoms with van der Waals surface area (Å²) in [4.78, 5) is 4.22. The Morgan fingerprint density at radius 1 is 1.20 bits per heavy atom. The number of halogens is 1. The molecule has 0 radical (unpaired) electrons. The third kappa shape index (κ3) is 1.67. The maximum atomic E-state index is 5.14. The van der Waals surface area contributed by atoms with Gasteiger partial charge in [-0.1, -0.05) is 11.2 Å². The third-order valence-corrected chi connectivity index (χ3v) is 3.18. The highest BCUT2D eigenvalue weighted by molar-refractivity contribution is 14.1. The lowest BCUT2D eigenvalue weighted by Gasteiger charge is -2.00. The van der Waals surface area contributed by atoms with Crippen LogP contribution in [0.3, 0.4) is 0 Å². The molecule has 0 fully saturated rings. The number of hydrogen-bond acceptors (Lipinski definition) is 3. The molecule has 1 aliphatic carbocycles. The molecule has 0 bridgehead atoms. The van der Waals surface area contributed by atoms with Gasteiger partial charge in [-0.25, -0.2) is 0 Å². The van der Waals surface area contributed by atoms with Crippen LogP contribution in [0, 0.1) is 3.83 Å². The monoisotopic (exact) mass is 312 g/mol. The molecule has 0 amide bonds. The van der Waals surface area contributed by atoms with Crippen molar-refractivity contribution in [3.05, 3.63) is 33.2 Å². The molecule has 1 heterocycles.